The number of rotatable bonds is 63. The van der Waals surface area contributed by atoms with E-state index in [2.05, 4.69) is 141 Å². The minimum absolute atomic E-state index is 0.0123. The van der Waals surface area contributed by atoms with E-state index in [4.69, 9.17) is 9.05 Å². The number of carbonyl (C=O) groups excluding carboxylic acids is 1. The second kappa shape index (κ2) is 65.1. The van der Waals surface area contributed by atoms with Gasteiger partial charge in [-0.2, -0.15) is 0 Å². The van der Waals surface area contributed by atoms with E-state index in [1.54, 1.807) is 6.08 Å². The standard InChI is InChI=1S/C76H133N2O6P/c1-6-8-10-12-14-16-18-20-22-24-26-28-30-32-33-34-35-36-37-38-39-40-41-42-43-44-45-46-48-50-52-54-56-58-60-62-64-66-68-70-76(80)77-74(73-84-85(81,82)83-72-71-78(3,4)5)75(79)69-67-65-63-61-59-57-55-53-51-49-47-31-29-27-25-23-21-19-17-15-13-11-9-7-2/h8,10,14,16,20,22,26,28,32-33,35-36,38-39,41-42,44-45,59,61,67,69,74-75,79H,6-7,9,11-13,15,17-19,21,23-25,27,29-31,34,37,40,43,46-58,60,62-66,68,70-73H2,1-5H3,(H-,77,80,81,82)/b10-8-,16-14-,22-20-,28-26-,33-32-,36-35-,39-38-,42-41-,45-44-,61-59+,69-67+. The van der Waals surface area contributed by atoms with Crippen LogP contribution >= 0.6 is 7.82 Å². The number of nitrogens with one attached hydrogen (secondary N) is 1. The average molecular weight is 1200 g/mol. The third-order valence-electron chi connectivity index (χ3n) is 15.1. The fourth-order valence-electron chi connectivity index (χ4n) is 9.69. The van der Waals surface area contributed by atoms with Crippen molar-refractivity contribution >= 4 is 13.7 Å². The summed E-state index contributed by atoms with van der Waals surface area (Å²) in [5, 5.41) is 13.9. The van der Waals surface area contributed by atoms with Crippen molar-refractivity contribution in [1.29, 1.82) is 0 Å². The van der Waals surface area contributed by atoms with Gasteiger partial charge < -0.3 is 28.8 Å². The molecule has 0 fully saturated rings. The number of hydrogen-bond acceptors (Lipinski definition) is 6. The first-order valence-electron chi connectivity index (χ1n) is 35.0. The van der Waals surface area contributed by atoms with Crippen LogP contribution in [0.1, 0.15) is 290 Å². The van der Waals surface area contributed by atoms with Crippen LogP contribution in [-0.2, 0) is 18.4 Å². The van der Waals surface area contributed by atoms with Crippen molar-refractivity contribution in [2.75, 3.05) is 40.9 Å². The summed E-state index contributed by atoms with van der Waals surface area (Å²) < 4.78 is 23.4. The lowest BCUT2D eigenvalue weighted by Crippen LogP contribution is -2.45. The summed E-state index contributed by atoms with van der Waals surface area (Å²) in [6.45, 7) is 4.53. The van der Waals surface area contributed by atoms with Crippen molar-refractivity contribution < 1.29 is 32.9 Å². The fourth-order valence-corrected chi connectivity index (χ4v) is 10.4. The molecule has 0 aliphatic carbocycles. The molecule has 0 spiro atoms. The van der Waals surface area contributed by atoms with Crippen LogP contribution in [0.15, 0.2) is 134 Å². The first-order chi connectivity index (χ1) is 41.5. The molecule has 3 atom stereocenters. The molecule has 85 heavy (non-hydrogen) atoms. The summed E-state index contributed by atoms with van der Waals surface area (Å²) in [6, 6.07) is -0.915. The molecule has 0 aliphatic rings. The maximum absolute atomic E-state index is 13.0. The Morgan fingerprint density at radius 3 is 1.09 bits per heavy atom. The topological polar surface area (TPSA) is 108 Å². The number of amides is 1. The van der Waals surface area contributed by atoms with Crippen molar-refractivity contribution in [2.24, 2.45) is 0 Å². The third-order valence-corrected chi connectivity index (χ3v) is 16.1. The summed E-state index contributed by atoms with van der Waals surface area (Å²) in [6.07, 6.45) is 98.5. The Balaban J connectivity index is 4.14. The van der Waals surface area contributed by atoms with Gasteiger partial charge in [-0.1, -0.05) is 314 Å². The van der Waals surface area contributed by atoms with Crippen LogP contribution in [0.5, 0.6) is 0 Å². The molecule has 2 N–H and O–H groups in total. The summed E-state index contributed by atoms with van der Waals surface area (Å²) in [5.41, 5.74) is 0. The highest BCUT2D eigenvalue weighted by atomic mass is 31.2. The van der Waals surface area contributed by atoms with Gasteiger partial charge in [0, 0.05) is 6.42 Å². The number of phosphoric acid groups is 1. The number of likely N-dealkylation sites (N-methyl/N-ethyl adjacent to an activating group) is 1. The molecule has 0 aromatic carbocycles. The third kappa shape index (κ3) is 68.0. The predicted molar refractivity (Wildman–Crippen MR) is 371 cm³/mol. The smallest absolute Gasteiger partial charge is 0.268 e. The highest BCUT2D eigenvalue weighted by Gasteiger charge is 2.23. The monoisotopic (exact) mass is 1200 g/mol. The van der Waals surface area contributed by atoms with Gasteiger partial charge in [0.05, 0.1) is 39.9 Å². The van der Waals surface area contributed by atoms with Gasteiger partial charge in [0.2, 0.25) is 5.91 Å². The molecule has 1 amide bonds. The van der Waals surface area contributed by atoms with Crippen LogP contribution in [0.4, 0.5) is 0 Å². The lowest BCUT2D eigenvalue weighted by atomic mass is 10.0. The molecule has 0 radical (unpaired) electrons. The number of hydrogen-bond donors (Lipinski definition) is 2. The number of quaternary nitrogens is 1. The largest absolute Gasteiger partial charge is 0.756 e. The van der Waals surface area contributed by atoms with E-state index >= 15 is 0 Å². The van der Waals surface area contributed by atoms with E-state index in [9.17, 15) is 19.4 Å². The number of aliphatic hydroxyl groups is 1. The van der Waals surface area contributed by atoms with Gasteiger partial charge >= 0.3 is 0 Å². The highest BCUT2D eigenvalue weighted by Crippen LogP contribution is 2.38. The Bertz CT molecular complexity index is 1850. The number of carbonyl (C=O) groups is 1. The number of allylic oxidation sites excluding steroid dienone is 21. The zero-order chi connectivity index (χ0) is 61.9. The fraction of sp³-hybridized carbons (Fsp3) is 0.697. The van der Waals surface area contributed by atoms with Gasteiger partial charge in [0.25, 0.3) is 7.82 Å². The van der Waals surface area contributed by atoms with Crippen molar-refractivity contribution in [1.82, 2.24) is 5.32 Å². The van der Waals surface area contributed by atoms with Crippen molar-refractivity contribution in [2.45, 2.75) is 302 Å². The Morgan fingerprint density at radius 2 is 0.729 bits per heavy atom. The van der Waals surface area contributed by atoms with Gasteiger partial charge in [-0.3, -0.25) is 9.36 Å². The van der Waals surface area contributed by atoms with E-state index in [0.29, 0.717) is 17.4 Å². The molecule has 3 unspecified atom stereocenters. The van der Waals surface area contributed by atoms with E-state index < -0.39 is 26.6 Å². The van der Waals surface area contributed by atoms with Crippen LogP contribution in [0, 0.1) is 0 Å². The molecule has 8 nitrogen and oxygen atoms in total. The number of unbranched alkanes of at least 4 members (excludes halogenated alkanes) is 30. The number of phosphoric ester groups is 1. The lowest BCUT2D eigenvalue weighted by Gasteiger charge is -2.29. The molecular weight excluding hydrogens is 1070 g/mol. The highest BCUT2D eigenvalue weighted by molar-refractivity contribution is 7.45. The summed E-state index contributed by atoms with van der Waals surface area (Å²) in [7, 11) is 1.23. The second-order valence-corrected chi connectivity index (χ2v) is 25.9. The van der Waals surface area contributed by atoms with E-state index in [-0.39, 0.29) is 12.5 Å². The van der Waals surface area contributed by atoms with Crippen molar-refractivity contribution in [3.05, 3.63) is 134 Å². The van der Waals surface area contributed by atoms with Crippen molar-refractivity contribution in [3.63, 3.8) is 0 Å². The molecular formula is C76H133N2O6P. The molecule has 0 rings (SSSR count). The summed E-state index contributed by atoms with van der Waals surface area (Å²) >= 11 is 0. The van der Waals surface area contributed by atoms with Gasteiger partial charge in [0.15, 0.2) is 0 Å². The Hall–Kier alpha value is -3.36. The van der Waals surface area contributed by atoms with Crippen LogP contribution in [0.2, 0.25) is 0 Å². The van der Waals surface area contributed by atoms with Crippen LogP contribution in [0.25, 0.3) is 0 Å². The molecule has 0 aromatic heterocycles. The molecule has 0 saturated carbocycles. The molecule has 0 heterocycles. The van der Waals surface area contributed by atoms with Gasteiger partial charge in [-0.05, 0) is 103 Å². The molecule has 0 saturated heterocycles. The normalized spacial score (nSPS) is 14.5. The molecule has 0 aromatic rings. The first-order valence-corrected chi connectivity index (χ1v) is 36.5. The average Bonchev–Trinajstić information content (AvgIpc) is 3.49. The van der Waals surface area contributed by atoms with Gasteiger partial charge in [-0.15, -0.1) is 0 Å². The Kier molecular flexibility index (Phi) is 62.5. The first kappa shape index (κ1) is 81.6. The van der Waals surface area contributed by atoms with Crippen molar-refractivity contribution in [3.8, 4) is 0 Å². The lowest BCUT2D eigenvalue weighted by molar-refractivity contribution is -0.870. The van der Waals surface area contributed by atoms with E-state index in [0.717, 1.165) is 103 Å². The minimum Gasteiger partial charge on any atom is -0.756 e. The maximum Gasteiger partial charge on any atom is 0.268 e. The Morgan fingerprint density at radius 1 is 0.424 bits per heavy atom. The van der Waals surface area contributed by atoms with E-state index in [1.165, 1.54) is 167 Å². The van der Waals surface area contributed by atoms with E-state index in [1.807, 2.05) is 27.2 Å². The zero-order valence-electron chi connectivity index (χ0n) is 55.8. The Labute approximate surface area is 526 Å². The molecule has 0 bridgehead atoms. The molecule has 488 valence electrons. The predicted octanol–water partition coefficient (Wildman–Crippen LogP) is 22.0. The quantitative estimate of drug-likeness (QED) is 0.0272. The van der Waals surface area contributed by atoms with Crippen LogP contribution in [-0.4, -0.2) is 68.5 Å². The maximum atomic E-state index is 13.0. The van der Waals surface area contributed by atoms with Crippen LogP contribution < -0.4 is 10.2 Å². The molecule has 9 heteroatoms. The minimum atomic E-state index is -4.62. The van der Waals surface area contributed by atoms with Gasteiger partial charge in [-0.25, -0.2) is 0 Å². The summed E-state index contributed by atoms with van der Waals surface area (Å²) in [4.78, 5) is 25.6. The van der Waals surface area contributed by atoms with Gasteiger partial charge in [0.1, 0.15) is 13.2 Å². The number of aliphatic hydroxyl groups excluding tert-OH is 1. The second-order valence-electron chi connectivity index (χ2n) is 24.5. The number of nitrogens with zero attached hydrogens (tertiary/aromatic N) is 1. The SMILES string of the molecule is CC/C=C\C/C=C\C/C=C\C/C=C\C/C=C\C/C=C\C/C=C\C/C=C\C/C=C\CCCCCCCCCCCCCC(=O)NC(COP(=O)([O-])OCC[N+](C)(C)C)C(O)/C=C/CC/C=C/CCCCCCCCCCCCCCCCCCCC. The summed E-state index contributed by atoms with van der Waals surface area (Å²) in [5.74, 6) is -0.213. The zero-order valence-corrected chi connectivity index (χ0v) is 56.7. The van der Waals surface area contributed by atoms with Crippen LogP contribution in [0.3, 0.4) is 0 Å². The molecule has 0 aliphatic heterocycles.